The number of rotatable bonds is 4. The Bertz CT molecular complexity index is 744. The Hall–Kier alpha value is -2.18. The molecule has 2 aromatic heterocycles. The Kier molecular flexibility index (Phi) is 4.92. The second-order valence-electron chi connectivity index (χ2n) is 7.14. The van der Waals surface area contributed by atoms with Gasteiger partial charge in [0.15, 0.2) is 0 Å². The molecule has 0 N–H and O–H groups in total. The van der Waals surface area contributed by atoms with Crippen molar-refractivity contribution in [3.63, 3.8) is 0 Å². The predicted octanol–water partition coefficient (Wildman–Crippen LogP) is 2.54. The highest BCUT2D eigenvalue weighted by atomic mass is 16.5. The Morgan fingerprint density at radius 1 is 1.32 bits per heavy atom. The Balaban J connectivity index is 1.68. The Morgan fingerprint density at radius 3 is 2.68 bits per heavy atom. The summed E-state index contributed by atoms with van der Waals surface area (Å²) in [6.07, 6.45) is 2.70. The zero-order chi connectivity index (χ0) is 18.1. The van der Waals surface area contributed by atoms with Gasteiger partial charge in [0.2, 0.25) is 5.91 Å². The first kappa shape index (κ1) is 17.6. The molecule has 0 aliphatic carbocycles. The molecule has 7 nitrogen and oxygen atoms in total. The molecule has 1 saturated heterocycles. The molecule has 0 radical (unpaired) electrons. The lowest BCUT2D eigenvalue weighted by Crippen LogP contribution is -2.43. The minimum absolute atomic E-state index is 0.0888. The third kappa shape index (κ3) is 3.60. The number of hydrogen-bond donors (Lipinski definition) is 0. The van der Waals surface area contributed by atoms with Gasteiger partial charge in [0.1, 0.15) is 17.4 Å². The summed E-state index contributed by atoms with van der Waals surface area (Å²) < 4.78 is 7.20. The first-order valence-electron chi connectivity index (χ1n) is 8.97. The fourth-order valence-corrected chi connectivity index (χ4v) is 3.73. The number of carbonyl (C=O) groups excluding carboxylic acids is 1. The van der Waals surface area contributed by atoms with E-state index in [0.29, 0.717) is 13.0 Å². The van der Waals surface area contributed by atoms with Crippen molar-refractivity contribution in [3.05, 3.63) is 28.7 Å². The average Bonchev–Trinajstić information content (AvgIpc) is 3.09. The SMILES string of the molecule is Cc1nc(C)n([C@@H]2CCCN(C(=O)[C@@H](C)Cc3c(C)noc3C)C2)n1. The number of nitrogens with zero attached hydrogens (tertiary/aromatic N) is 5. The van der Waals surface area contributed by atoms with Crippen LogP contribution in [0.25, 0.3) is 0 Å². The maximum Gasteiger partial charge on any atom is 0.225 e. The smallest absolute Gasteiger partial charge is 0.225 e. The van der Waals surface area contributed by atoms with Crippen molar-refractivity contribution in [1.82, 2.24) is 24.8 Å². The molecule has 0 saturated carbocycles. The van der Waals surface area contributed by atoms with E-state index in [0.717, 1.165) is 48.1 Å². The van der Waals surface area contributed by atoms with Crippen LogP contribution in [0.2, 0.25) is 0 Å². The van der Waals surface area contributed by atoms with Gasteiger partial charge in [0.05, 0.1) is 11.7 Å². The molecule has 0 aromatic carbocycles. The van der Waals surface area contributed by atoms with Crippen molar-refractivity contribution in [2.24, 2.45) is 5.92 Å². The van der Waals surface area contributed by atoms with E-state index in [1.54, 1.807) is 0 Å². The van der Waals surface area contributed by atoms with E-state index in [1.165, 1.54) is 0 Å². The molecule has 1 aliphatic rings. The molecule has 7 heteroatoms. The van der Waals surface area contributed by atoms with E-state index in [4.69, 9.17) is 4.52 Å². The minimum atomic E-state index is -0.0888. The quantitative estimate of drug-likeness (QED) is 0.851. The molecule has 3 rings (SSSR count). The number of amides is 1. The van der Waals surface area contributed by atoms with E-state index >= 15 is 0 Å². The highest BCUT2D eigenvalue weighted by molar-refractivity contribution is 5.79. The fourth-order valence-electron chi connectivity index (χ4n) is 3.73. The molecule has 1 amide bonds. The lowest BCUT2D eigenvalue weighted by Gasteiger charge is -2.34. The van der Waals surface area contributed by atoms with E-state index in [2.05, 4.69) is 15.2 Å². The van der Waals surface area contributed by atoms with E-state index in [-0.39, 0.29) is 17.9 Å². The van der Waals surface area contributed by atoms with Gasteiger partial charge >= 0.3 is 0 Å². The highest BCUT2D eigenvalue weighted by Gasteiger charge is 2.29. The first-order chi connectivity index (χ1) is 11.9. The molecule has 3 heterocycles. The van der Waals surface area contributed by atoms with Crippen LogP contribution in [0.1, 0.15) is 54.5 Å². The number of aryl methyl sites for hydroxylation is 4. The summed E-state index contributed by atoms with van der Waals surface area (Å²) in [6, 6.07) is 0.213. The number of hydrogen-bond acceptors (Lipinski definition) is 5. The summed E-state index contributed by atoms with van der Waals surface area (Å²) in [5.74, 6) is 2.61. The van der Waals surface area contributed by atoms with Crippen molar-refractivity contribution in [2.45, 2.75) is 59.9 Å². The monoisotopic (exact) mass is 345 g/mol. The Labute approximate surface area is 148 Å². The van der Waals surface area contributed by atoms with E-state index < -0.39 is 0 Å². The standard InChI is InChI=1S/C18H27N5O2/c1-11(9-17-12(2)21-25-13(17)3)18(24)22-8-6-7-16(10-22)23-15(5)19-14(4)20-23/h11,16H,6-10H2,1-5H3/t11-,16+/m0/s1. The molecular weight excluding hydrogens is 318 g/mol. The largest absolute Gasteiger partial charge is 0.361 e. The zero-order valence-electron chi connectivity index (χ0n) is 15.7. The van der Waals surface area contributed by atoms with Crippen LogP contribution in [-0.2, 0) is 11.2 Å². The van der Waals surface area contributed by atoms with Crippen LogP contribution >= 0.6 is 0 Å². The van der Waals surface area contributed by atoms with Crippen LogP contribution < -0.4 is 0 Å². The number of likely N-dealkylation sites (tertiary alicyclic amines) is 1. The molecule has 1 fully saturated rings. The molecule has 0 bridgehead atoms. The van der Waals surface area contributed by atoms with Crippen molar-refractivity contribution >= 4 is 5.91 Å². The molecule has 25 heavy (non-hydrogen) atoms. The third-order valence-electron chi connectivity index (χ3n) is 5.07. The van der Waals surface area contributed by atoms with Crippen molar-refractivity contribution in [3.8, 4) is 0 Å². The number of aromatic nitrogens is 4. The summed E-state index contributed by atoms with van der Waals surface area (Å²) in [7, 11) is 0. The first-order valence-corrected chi connectivity index (χ1v) is 8.97. The molecule has 136 valence electrons. The minimum Gasteiger partial charge on any atom is -0.361 e. The van der Waals surface area contributed by atoms with E-state index in [9.17, 15) is 4.79 Å². The van der Waals surface area contributed by atoms with Crippen molar-refractivity contribution in [2.75, 3.05) is 13.1 Å². The van der Waals surface area contributed by atoms with Crippen LogP contribution in [0.5, 0.6) is 0 Å². The van der Waals surface area contributed by atoms with Gasteiger partial charge in [-0.15, -0.1) is 0 Å². The normalized spacial score (nSPS) is 19.2. The van der Waals surface area contributed by atoms with Crippen LogP contribution in [0.4, 0.5) is 0 Å². The number of piperidine rings is 1. The van der Waals surface area contributed by atoms with Gasteiger partial charge in [-0.3, -0.25) is 4.79 Å². The maximum atomic E-state index is 12.9. The molecule has 1 aliphatic heterocycles. The second-order valence-corrected chi connectivity index (χ2v) is 7.14. The van der Waals surface area contributed by atoms with Gasteiger partial charge in [-0.2, -0.15) is 5.10 Å². The summed E-state index contributed by atoms with van der Waals surface area (Å²) in [5, 5.41) is 8.49. The van der Waals surface area contributed by atoms with Crippen LogP contribution in [-0.4, -0.2) is 43.8 Å². The molecule has 2 aromatic rings. The van der Waals surface area contributed by atoms with Crippen LogP contribution in [0.15, 0.2) is 4.52 Å². The maximum absolute atomic E-state index is 12.9. The van der Waals surface area contributed by atoms with Gasteiger partial charge in [-0.25, -0.2) is 9.67 Å². The van der Waals surface area contributed by atoms with Crippen LogP contribution in [0.3, 0.4) is 0 Å². The highest BCUT2D eigenvalue weighted by Crippen LogP contribution is 2.25. The summed E-state index contributed by atoms with van der Waals surface area (Å²) in [6.45, 7) is 11.2. The summed E-state index contributed by atoms with van der Waals surface area (Å²) >= 11 is 0. The molecular formula is C18H27N5O2. The predicted molar refractivity (Wildman–Crippen MR) is 93.2 cm³/mol. The van der Waals surface area contributed by atoms with Crippen molar-refractivity contribution in [1.29, 1.82) is 0 Å². The fraction of sp³-hybridized carbons (Fsp3) is 0.667. The zero-order valence-corrected chi connectivity index (χ0v) is 15.7. The lowest BCUT2D eigenvalue weighted by molar-refractivity contribution is -0.136. The third-order valence-corrected chi connectivity index (χ3v) is 5.07. The topological polar surface area (TPSA) is 77.0 Å². The average molecular weight is 345 g/mol. The second kappa shape index (κ2) is 6.98. The van der Waals surface area contributed by atoms with Crippen LogP contribution in [0, 0.1) is 33.6 Å². The van der Waals surface area contributed by atoms with E-state index in [1.807, 2.05) is 44.2 Å². The van der Waals surface area contributed by atoms with Gasteiger partial charge in [0.25, 0.3) is 0 Å². The lowest BCUT2D eigenvalue weighted by atomic mass is 9.97. The van der Waals surface area contributed by atoms with Crippen molar-refractivity contribution < 1.29 is 9.32 Å². The molecule has 0 unspecified atom stereocenters. The van der Waals surface area contributed by atoms with Gasteiger partial charge in [0, 0.05) is 24.6 Å². The molecule has 2 atom stereocenters. The van der Waals surface area contributed by atoms with Gasteiger partial charge < -0.3 is 9.42 Å². The summed E-state index contributed by atoms with van der Waals surface area (Å²) in [5.41, 5.74) is 1.93. The van der Waals surface area contributed by atoms with Gasteiger partial charge in [-0.1, -0.05) is 12.1 Å². The molecule has 0 spiro atoms. The van der Waals surface area contributed by atoms with Gasteiger partial charge in [-0.05, 0) is 47.0 Å². The number of carbonyl (C=O) groups is 1. The summed E-state index contributed by atoms with van der Waals surface area (Å²) in [4.78, 5) is 19.3. The Morgan fingerprint density at radius 2 is 2.08 bits per heavy atom.